The van der Waals surface area contributed by atoms with Crippen molar-refractivity contribution in [3.05, 3.63) is 98.1 Å². The monoisotopic (exact) mass is 544 g/mol. The predicted octanol–water partition coefficient (Wildman–Crippen LogP) is 6.69. The minimum Gasteiger partial charge on any atom is -0.486 e. The van der Waals surface area contributed by atoms with Gasteiger partial charge in [-0.25, -0.2) is 4.39 Å². The molecule has 0 aromatic heterocycles. The second-order valence-corrected chi connectivity index (χ2v) is 9.69. The molecule has 1 N–H and O–H groups in total. The van der Waals surface area contributed by atoms with Gasteiger partial charge in [-0.15, -0.1) is 0 Å². The summed E-state index contributed by atoms with van der Waals surface area (Å²) < 4.78 is 19.5. The Hall–Kier alpha value is -3.33. The molecule has 184 valence electrons. The minimum absolute atomic E-state index is 0.0744. The zero-order chi connectivity index (χ0) is 25.8. The van der Waals surface area contributed by atoms with Gasteiger partial charge in [0.1, 0.15) is 19.0 Å². The van der Waals surface area contributed by atoms with Crippen LogP contribution in [0, 0.1) is 12.7 Å². The average molecular weight is 545 g/mol. The van der Waals surface area contributed by atoms with Gasteiger partial charge < -0.3 is 10.1 Å². The maximum Gasteiger partial charge on any atom is 0.294 e. The van der Waals surface area contributed by atoms with E-state index >= 15 is 0 Å². The van der Waals surface area contributed by atoms with E-state index in [0.717, 1.165) is 10.5 Å². The molecule has 1 fully saturated rings. The van der Waals surface area contributed by atoms with E-state index in [0.29, 0.717) is 28.6 Å². The number of hydrogen-bond donors (Lipinski definition) is 1. The molecule has 0 aliphatic carbocycles. The number of hydrogen-bond acceptors (Lipinski definition) is 5. The molecule has 1 aliphatic heterocycles. The van der Waals surface area contributed by atoms with E-state index in [1.807, 2.05) is 13.0 Å². The van der Waals surface area contributed by atoms with Crippen molar-refractivity contribution in [3.63, 3.8) is 0 Å². The van der Waals surface area contributed by atoms with E-state index in [4.69, 9.17) is 27.9 Å². The summed E-state index contributed by atoms with van der Waals surface area (Å²) in [6.07, 6.45) is 1.46. The highest BCUT2D eigenvalue weighted by Crippen LogP contribution is 2.38. The Morgan fingerprint density at radius 1 is 1.08 bits per heavy atom. The van der Waals surface area contributed by atoms with Crippen LogP contribution in [0.25, 0.3) is 6.08 Å². The van der Waals surface area contributed by atoms with Crippen LogP contribution in [0.2, 0.25) is 10.0 Å². The van der Waals surface area contributed by atoms with E-state index in [-0.39, 0.29) is 27.3 Å². The fourth-order valence-corrected chi connectivity index (χ4v) is 4.87. The third-order valence-corrected chi connectivity index (χ3v) is 6.59. The van der Waals surface area contributed by atoms with E-state index in [2.05, 4.69) is 5.32 Å². The number of imide groups is 1. The van der Waals surface area contributed by atoms with Crippen molar-refractivity contribution in [2.24, 2.45) is 0 Å². The van der Waals surface area contributed by atoms with Gasteiger partial charge in [0.25, 0.3) is 11.1 Å². The Morgan fingerprint density at radius 3 is 2.50 bits per heavy atom. The van der Waals surface area contributed by atoms with Crippen LogP contribution in [0.5, 0.6) is 5.75 Å². The molecular weight excluding hydrogens is 526 g/mol. The Labute approximate surface area is 221 Å². The van der Waals surface area contributed by atoms with Gasteiger partial charge in [0.05, 0.1) is 15.0 Å². The molecule has 0 radical (unpaired) electrons. The molecule has 1 saturated heterocycles. The van der Waals surface area contributed by atoms with Crippen molar-refractivity contribution >= 4 is 63.8 Å². The number of aryl methyl sites for hydroxylation is 1. The first-order valence-electron chi connectivity index (χ1n) is 10.7. The number of ether oxygens (including phenoxy) is 1. The van der Waals surface area contributed by atoms with E-state index in [1.54, 1.807) is 36.4 Å². The van der Waals surface area contributed by atoms with Crippen LogP contribution in [-0.4, -0.2) is 28.5 Å². The fourth-order valence-electron chi connectivity index (χ4n) is 3.42. The maximum absolute atomic E-state index is 13.8. The number of halogens is 3. The molecule has 1 heterocycles. The summed E-state index contributed by atoms with van der Waals surface area (Å²) in [5, 5.41) is 2.42. The number of nitrogens with one attached hydrogen (secondary N) is 1. The molecule has 3 amide bonds. The molecule has 0 bridgehead atoms. The third-order valence-electron chi connectivity index (χ3n) is 5.13. The molecule has 10 heteroatoms. The van der Waals surface area contributed by atoms with Crippen LogP contribution in [0.1, 0.15) is 16.7 Å². The number of nitrogens with zero attached hydrogens (tertiary/aromatic N) is 1. The number of carbonyl (C=O) groups excluding carboxylic acids is 3. The fraction of sp³-hybridized carbons (Fsp3) is 0.115. The molecule has 0 unspecified atom stereocenters. The number of amides is 3. The predicted molar refractivity (Wildman–Crippen MR) is 140 cm³/mol. The summed E-state index contributed by atoms with van der Waals surface area (Å²) >= 11 is 13.4. The van der Waals surface area contributed by atoms with Crippen LogP contribution in [0.15, 0.2) is 65.6 Å². The minimum atomic E-state index is -0.600. The molecule has 36 heavy (non-hydrogen) atoms. The van der Waals surface area contributed by atoms with Crippen molar-refractivity contribution in [1.29, 1.82) is 0 Å². The molecular formula is C26H19Cl2FN2O4S. The largest absolute Gasteiger partial charge is 0.486 e. The van der Waals surface area contributed by atoms with Crippen molar-refractivity contribution in [2.45, 2.75) is 13.5 Å². The topological polar surface area (TPSA) is 75.7 Å². The van der Waals surface area contributed by atoms with Crippen molar-refractivity contribution in [3.8, 4) is 5.75 Å². The summed E-state index contributed by atoms with van der Waals surface area (Å²) in [5.41, 5.74) is 2.33. The SMILES string of the molecule is Cc1cccc(NC(=O)CN2C(=O)S/C(=C\c3cc(Cl)c(OCc4ccccc4F)c(Cl)c3)C2=O)c1. The van der Waals surface area contributed by atoms with Crippen LogP contribution >= 0.6 is 35.0 Å². The Kier molecular flexibility index (Phi) is 7.98. The Balaban J connectivity index is 1.44. The molecule has 3 aromatic rings. The van der Waals surface area contributed by atoms with E-state index in [1.165, 1.54) is 24.3 Å². The second kappa shape index (κ2) is 11.2. The van der Waals surface area contributed by atoms with Gasteiger partial charge in [-0.1, -0.05) is 53.5 Å². The van der Waals surface area contributed by atoms with Crippen molar-refractivity contribution in [2.75, 3.05) is 11.9 Å². The summed E-state index contributed by atoms with van der Waals surface area (Å²) in [6, 6.07) is 16.4. The molecule has 4 rings (SSSR count). The van der Waals surface area contributed by atoms with E-state index in [9.17, 15) is 18.8 Å². The number of rotatable bonds is 7. The zero-order valence-corrected chi connectivity index (χ0v) is 21.2. The molecule has 6 nitrogen and oxygen atoms in total. The van der Waals surface area contributed by atoms with Gasteiger partial charge in [-0.3, -0.25) is 19.3 Å². The number of carbonyl (C=O) groups is 3. The van der Waals surface area contributed by atoms with Gasteiger partial charge in [0.2, 0.25) is 5.91 Å². The summed E-state index contributed by atoms with van der Waals surface area (Å²) in [7, 11) is 0. The first-order valence-corrected chi connectivity index (χ1v) is 12.3. The van der Waals surface area contributed by atoms with Gasteiger partial charge in [-0.2, -0.15) is 0 Å². The summed E-state index contributed by atoms with van der Waals surface area (Å²) in [5.74, 6) is -1.34. The van der Waals surface area contributed by atoms with Gasteiger partial charge >= 0.3 is 0 Å². The maximum atomic E-state index is 13.8. The standard InChI is InChI=1S/C26H19Cl2FN2O4S/c1-15-5-4-7-18(9-15)30-23(32)13-31-25(33)22(36-26(31)34)12-16-10-19(27)24(20(28)11-16)35-14-17-6-2-3-8-21(17)29/h2-12H,13-14H2,1H3,(H,30,32)/b22-12-. The Morgan fingerprint density at radius 2 is 1.81 bits per heavy atom. The van der Waals surface area contributed by atoms with Crippen LogP contribution in [0.4, 0.5) is 14.9 Å². The molecule has 0 saturated carbocycles. The number of thioether (sulfide) groups is 1. The first-order chi connectivity index (χ1) is 17.2. The summed E-state index contributed by atoms with van der Waals surface area (Å²) in [6.45, 7) is 1.40. The second-order valence-electron chi connectivity index (χ2n) is 7.88. The molecule has 1 aliphatic rings. The van der Waals surface area contributed by atoms with Crippen LogP contribution < -0.4 is 10.1 Å². The van der Waals surface area contributed by atoms with Crippen LogP contribution in [-0.2, 0) is 16.2 Å². The van der Waals surface area contributed by atoms with Gasteiger partial charge in [0.15, 0.2) is 5.75 Å². The molecule has 0 spiro atoms. The van der Waals surface area contributed by atoms with Gasteiger partial charge in [-0.05, 0) is 66.2 Å². The molecule has 3 aromatic carbocycles. The molecule has 0 atom stereocenters. The normalized spacial score (nSPS) is 14.4. The van der Waals surface area contributed by atoms with E-state index < -0.39 is 29.4 Å². The van der Waals surface area contributed by atoms with Crippen LogP contribution in [0.3, 0.4) is 0 Å². The number of benzene rings is 3. The highest BCUT2D eigenvalue weighted by Gasteiger charge is 2.36. The highest BCUT2D eigenvalue weighted by molar-refractivity contribution is 8.18. The average Bonchev–Trinajstić information content (AvgIpc) is 3.07. The highest BCUT2D eigenvalue weighted by atomic mass is 35.5. The Bertz CT molecular complexity index is 1370. The lowest BCUT2D eigenvalue weighted by Crippen LogP contribution is -2.36. The lowest BCUT2D eigenvalue weighted by Gasteiger charge is -2.13. The third kappa shape index (κ3) is 6.07. The number of anilines is 1. The van der Waals surface area contributed by atoms with Gasteiger partial charge in [0, 0.05) is 11.3 Å². The lowest BCUT2D eigenvalue weighted by molar-refractivity contribution is -0.127. The quantitative estimate of drug-likeness (QED) is 0.335. The first kappa shape index (κ1) is 25.8. The van der Waals surface area contributed by atoms with Crippen molar-refractivity contribution < 1.29 is 23.5 Å². The zero-order valence-electron chi connectivity index (χ0n) is 18.9. The van der Waals surface area contributed by atoms with Crippen molar-refractivity contribution in [1.82, 2.24) is 4.90 Å². The smallest absolute Gasteiger partial charge is 0.294 e. The lowest BCUT2D eigenvalue weighted by atomic mass is 10.2. The summed E-state index contributed by atoms with van der Waals surface area (Å²) in [4.78, 5) is 38.6.